The monoisotopic (exact) mass is 341 g/mol. The lowest BCUT2D eigenvalue weighted by Crippen LogP contribution is -2.18. The summed E-state index contributed by atoms with van der Waals surface area (Å²) < 4.78 is 5.67. The Morgan fingerprint density at radius 3 is 2.52 bits per heavy atom. The molecule has 5 nitrogen and oxygen atoms in total. The summed E-state index contributed by atoms with van der Waals surface area (Å²) in [4.78, 5) is 15.1. The second-order valence-electron chi connectivity index (χ2n) is 6.06. The zero-order chi connectivity index (χ0) is 17.9. The first-order chi connectivity index (χ1) is 12.2. The minimum absolute atomic E-state index is 0.366. The molecule has 0 fully saturated rings. The number of aromatic nitrogens is 1. The Kier molecular flexibility index (Phi) is 7.92. The number of pyridine rings is 1. The van der Waals surface area contributed by atoms with E-state index in [9.17, 15) is 4.79 Å². The van der Waals surface area contributed by atoms with Crippen molar-refractivity contribution in [3.05, 3.63) is 53.7 Å². The van der Waals surface area contributed by atoms with Crippen LogP contribution in [0, 0.1) is 0 Å². The van der Waals surface area contributed by atoms with Crippen LogP contribution < -0.4 is 15.8 Å². The normalized spacial score (nSPS) is 10.6. The van der Waals surface area contributed by atoms with Gasteiger partial charge in [0.05, 0.1) is 5.56 Å². The third kappa shape index (κ3) is 6.93. The molecule has 1 aromatic heterocycles. The van der Waals surface area contributed by atoms with Gasteiger partial charge in [-0.25, -0.2) is 4.98 Å². The molecule has 0 saturated heterocycles. The highest BCUT2D eigenvalue weighted by atomic mass is 16.5. The molecule has 1 heterocycles. The minimum atomic E-state index is -0.498. The van der Waals surface area contributed by atoms with Crippen molar-refractivity contribution in [1.82, 2.24) is 10.3 Å². The van der Waals surface area contributed by atoms with Gasteiger partial charge in [-0.2, -0.15) is 0 Å². The number of ether oxygens (including phenoxy) is 1. The van der Waals surface area contributed by atoms with Gasteiger partial charge in [0.2, 0.25) is 11.8 Å². The molecular weight excluding hydrogens is 314 g/mol. The molecule has 0 radical (unpaired) electrons. The van der Waals surface area contributed by atoms with Gasteiger partial charge in [0.15, 0.2) is 0 Å². The van der Waals surface area contributed by atoms with Gasteiger partial charge in [-0.15, -0.1) is 0 Å². The number of primary amides is 1. The second-order valence-corrected chi connectivity index (χ2v) is 6.06. The Labute approximate surface area is 149 Å². The molecular formula is C20H27N3O2. The van der Waals surface area contributed by atoms with Crippen LogP contribution in [0.25, 0.3) is 0 Å². The zero-order valence-corrected chi connectivity index (χ0v) is 14.8. The lowest BCUT2D eigenvalue weighted by atomic mass is 10.1. The summed E-state index contributed by atoms with van der Waals surface area (Å²) in [6.45, 7) is 4.31. The number of amides is 1. The highest BCUT2D eigenvalue weighted by Crippen LogP contribution is 2.20. The van der Waals surface area contributed by atoms with E-state index in [1.165, 1.54) is 37.4 Å². The number of rotatable bonds is 11. The first-order valence-electron chi connectivity index (χ1n) is 8.92. The van der Waals surface area contributed by atoms with E-state index in [-0.39, 0.29) is 0 Å². The molecule has 0 saturated carbocycles. The maximum absolute atomic E-state index is 11.0. The third-order valence-electron chi connectivity index (χ3n) is 3.96. The molecule has 0 aliphatic rings. The minimum Gasteiger partial charge on any atom is -0.439 e. The van der Waals surface area contributed by atoms with Crippen molar-refractivity contribution in [1.29, 1.82) is 0 Å². The van der Waals surface area contributed by atoms with Crippen molar-refractivity contribution in [2.45, 2.75) is 39.0 Å². The molecule has 2 rings (SSSR count). The molecule has 5 heteroatoms. The van der Waals surface area contributed by atoms with Crippen LogP contribution in [-0.4, -0.2) is 24.0 Å². The van der Waals surface area contributed by atoms with E-state index in [1.54, 1.807) is 12.1 Å². The van der Waals surface area contributed by atoms with Crippen LogP contribution in [0.3, 0.4) is 0 Å². The van der Waals surface area contributed by atoms with Crippen molar-refractivity contribution >= 4 is 5.91 Å². The number of nitrogens with zero attached hydrogens (tertiary/aromatic N) is 1. The quantitative estimate of drug-likeness (QED) is 0.611. The van der Waals surface area contributed by atoms with Crippen molar-refractivity contribution in [2.75, 3.05) is 13.1 Å². The van der Waals surface area contributed by atoms with Gasteiger partial charge >= 0.3 is 0 Å². The molecule has 0 spiro atoms. The maximum Gasteiger partial charge on any atom is 0.250 e. The number of hydrogen-bond donors (Lipinski definition) is 2. The number of benzene rings is 1. The van der Waals surface area contributed by atoms with E-state index in [1.807, 2.05) is 12.1 Å². The van der Waals surface area contributed by atoms with Crippen LogP contribution in [0.1, 0.15) is 48.5 Å². The summed E-state index contributed by atoms with van der Waals surface area (Å²) in [6.07, 6.45) is 7.58. The SMILES string of the molecule is CCCCCCNCCc1ccc(Oc2ccc(C(N)=O)cn2)cc1. The van der Waals surface area contributed by atoms with Crippen molar-refractivity contribution in [2.24, 2.45) is 5.73 Å². The predicted octanol–water partition coefficient (Wildman–Crippen LogP) is 3.69. The van der Waals surface area contributed by atoms with Gasteiger partial charge in [-0.05, 0) is 49.7 Å². The summed E-state index contributed by atoms with van der Waals surface area (Å²) in [5.41, 5.74) is 6.82. The summed E-state index contributed by atoms with van der Waals surface area (Å²) in [5.74, 6) is 0.657. The summed E-state index contributed by atoms with van der Waals surface area (Å²) in [7, 11) is 0. The van der Waals surface area contributed by atoms with Crippen molar-refractivity contribution < 1.29 is 9.53 Å². The van der Waals surface area contributed by atoms with Gasteiger partial charge in [0, 0.05) is 12.3 Å². The Hall–Kier alpha value is -2.40. The largest absolute Gasteiger partial charge is 0.439 e. The molecule has 134 valence electrons. The molecule has 0 bridgehead atoms. The second kappa shape index (κ2) is 10.5. The van der Waals surface area contributed by atoms with E-state index in [0.717, 1.165) is 25.3 Å². The topological polar surface area (TPSA) is 77.2 Å². The number of carbonyl (C=O) groups is 1. The lowest BCUT2D eigenvalue weighted by molar-refractivity contribution is 0.1000. The summed E-state index contributed by atoms with van der Waals surface area (Å²) in [5, 5.41) is 3.48. The van der Waals surface area contributed by atoms with Crippen molar-refractivity contribution in [3.8, 4) is 11.6 Å². The van der Waals surface area contributed by atoms with Gasteiger partial charge in [-0.3, -0.25) is 4.79 Å². The van der Waals surface area contributed by atoms with E-state index in [0.29, 0.717) is 11.4 Å². The highest BCUT2D eigenvalue weighted by molar-refractivity contribution is 5.92. The number of nitrogens with one attached hydrogen (secondary N) is 1. The molecule has 25 heavy (non-hydrogen) atoms. The van der Waals surface area contributed by atoms with Crippen LogP contribution in [0.4, 0.5) is 0 Å². The lowest BCUT2D eigenvalue weighted by Gasteiger charge is -2.07. The maximum atomic E-state index is 11.0. The Morgan fingerprint density at radius 1 is 1.08 bits per heavy atom. The fourth-order valence-corrected chi connectivity index (χ4v) is 2.47. The van der Waals surface area contributed by atoms with E-state index in [4.69, 9.17) is 10.5 Å². The molecule has 1 amide bonds. The van der Waals surface area contributed by atoms with Gasteiger partial charge < -0.3 is 15.8 Å². The smallest absolute Gasteiger partial charge is 0.250 e. The van der Waals surface area contributed by atoms with E-state index < -0.39 is 5.91 Å². The van der Waals surface area contributed by atoms with Crippen LogP contribution >= 0.6 is 0 Å². The highest BCUT2D eigenvalue weighted by Gasteiger charge is 2.03. The fraction of sp³-hybridized carbons (Fsp3) is 0.400. The van der Waals surface area contributed by atoms with Crippen LogP contribution in [0.5, 0.6) is 11.6 Å². The molecule has 0 atom stereocenters. The average molecular weight is 341 g/mol. The average Bonchev–Trinajstić information content (AvgIpc) is 2.63. The van der Waals surface area contributed by atoms with E-state index in [2.05, 4.69) is 29.4 Å². The fourth-order valence-electron chi connectivity index (χ4n) is 2.47. The molecule has 0 aliphatic heterocycles. The standard InChI is InChI=1S/C20H27N3O2/c1-2-3-4-5-13-22-14-12-16-6-9-18(10-7-16)25-19-11-8-17(15-23-19)20(21)24/h6-11,15,22H,2-5,12-14H2,1H3,(H2,21,24). The van der Waals surface area contributed by atoms with E-state index >= 15 is 0 Å². The number of carbonyl (C=O) groups excluding carboxylic acids is 1. The Balaban J connectivity index is 1.73. The zero-order valence-electron chi connectivity index (χ0n) is 14.8. The Morgan fingerprint density at radius 2 is 1.88 bits per heavy atom. The van der Waals surface area contributed by atoms with Crippen molar-refractivity contribution in [3.63, 3.8) is 0 Å². The van der Waals surface area contributed by atoms with Crippen LogP contribution in [-0.2, 0) is 6.42 Å². The third-order valence-corrected chi connectivity index (χ3v) is 3.96. The molecule has 1 aromatic carbocycles. The van der Waals surface area contributed by atoms with Gasteiger partial charge in [0.1, 0.15) is 5.75 Å². The summed E-state index contributed by atoms with van der Waals surface area (Å²) >= 11 is 0. The van der Waals surface area contributed by atoms with Gasteiger partial charge in [-0.1, -0.05) is 38.3 Å². The molecule has 2 aromatic rings. The summed E-state index contributed by atoms with van der Waals surface area (Å²) in [6, 6.07) is 11.2. The molecule has 0 aliphatic carbocycles. The van der Waals surface area contributed by atoms with Crippen LogP contribution in [0.2, 0.25) is 0 Å². The Bertz CT molecular complexity index is 639. The predicted molar refractivity (Wildman–Crippen MR) is 100.0 cm³/mol. The number of unbranched alkanes of at least 4 members (excludes halogenated alkanes) is 3. The number of nitrogens with two attached hydrogens (primary N) is 1. The van der Waals surface area contributed by atoms with Crippen LogP contribution in [0.15, 0.2) is 42.6 Å². The first-order valence-corrected chi connectivity index (χ1v) is 8.92. The van der Waals surface area contributed by atoms with Gasteiger partial charge in [0.25, 0.3) is 0 Å². The molecule has 0 unspecified atom stereocenters. The molecule has 3 N–H and O–H groups in total. The first kappa shape index (κ1) is 18.9. The number of hydrogen-bond acceptors (Lipinski definition) is 4.